The zero-order chi connectivity index (χ0) is 20.7. The van der Waals surface area contributed by atoms with E-state index in [2.05, 4.69) is 15.4 Å². The minimum absolute atomic E-state index is 0.152. The summed E-state index contributed by atoms with van der Waals surface area (Å²) < 4.78 is 42.0. The van der Waals surface area contributed by atoms with Gasteiger partial charge in [-0.15, -0.1) is 5.10 Å². The maximum Gasteiger partial charge on any atom is 0.395 e. The Balaban J connectivity index is 1.75. The number of likely N-dealkylation sites (tertiary alicyclic amines) is 1. The molecule has 1 aromatic heterocycles. The number of hydrogen-bond acceptors (Lipinski definition) is 4. The molecule has 0 radical (unpaired) electrons. The van der Waals surface area contributed by atoms with E-state index in [1.54, 1.807) is 6.08 Å². The number of nitrogens with one attached hydrogen (secondary N) is 1. The Kier molecular flexibility index (Phi) is 5.24. The van der Waals surface area contributed by atoms with Gasteiger partial charge >= 0.3 is 6.18 Å². The number of alkyl halides is 3. The van der Waals surface area contributed by atoms with Gasteiger partial charge in [0.1, 0.15) is 6.33 Å². The fourth-order valence-corrected chi connectivity index (χ4v) is 3.41. The largest absolute Gasteiger partial charge is 0.395 e. The fourth-order valence-electron chi connectivity index (χ4n) is 3.41. The van der Waals surface area contributed by atoms with Crippen molar-refractivity contribution in [1.82, 2.24) is 25.0 Å². The molecule has 0 unspecified atom stereocenters. The normalized spacial score (nSPS) is 23.1. The maximum absolute atomic E-state index is 13.5. The van der Waals surface area contributed by atoms with Crippen LogP contribution in [0, 0.1) is 5.92 Å². The van der Waals surface area contributed by atoms with Gasteiger partial charge in [-0.1, -0.05) is 6.08 Å². The number of hydrogen-bond donors (Lipinski definition) is 1. The van der Waals surface area contributed by atoms with Crippen molar-refractivity contribution >= 4 is 11.8 Å². The summed E-state index contributed by atoms with van der Waals surface area (Å²) in [7, 11) is 0. The third-order valence-corrected chi connectivity index (χ3v) is 5.05. The van der Waals surface area contributed by atoms with Crippen LogP contribution in [0.1, 0.15) is 50.7 Å². The van der Waals surface area contributed by atoms with E-state index >= 15 is 0 Å². The van der Waals surface area contributed by atoms with Crippen molar-refractivity contribution in [3.63, 3.8) is 0 Å². The molecule has 2 heterocycles. The summed E-state index contributed by atoms with van der Waals surface area (Å²) in [6.45, 7) is 4.85. The van der Waals surface area contributed by atoms with Crippen molar-refractivity contribution < 1.29 is 22.8 Å². The van der Waals surface area contributed by atoms with E-state index in [4.69, 9.17) is 0 Å². The maximum atomic E-state index is 13.5. The highest BCUT2D eigenvalue weighted by molar-refractivity contribution is 5.94. The molecule has 2 aliphatic rings. The first-order chi connectivity index (χ1) is 13.0. The number of allylic oxidation sites excluding steroid dienone is 1. The van der Waals surface area contributed by atoms with Gasteiger partial charge in [-0.05, 0) is 40.0 Å². The van der Waals surface area contributed by atoms with Gasteiger partial charge in [0, 0.05) is 18.7 Å². The van der Waals surface area contributed by atoms with Gasteiger partial charge in [-0.3, -0.25) is 9.59 Å². The van der Waals surface area contributed by atoms with Gasteiger partial charge in [0.2, 0.25) is 11.7 Å². The highest BCUT2D eigenvalue weighted by Crippen LogP contribution is 2.34. The lowest BCUT2D eigenvalue weighted by molar-refractivity contribution is -0.175. The lowest BCUT2D eigenvalue weighted by Crippen LogP contribution is -2.45. The third-order valence-electron chi connectivity index (χ3n) is 5.05. The van der Waals surface area contributed by atoms with Crippen LogP contribution < -0.4 is 5.32 Å². The van der Waals surface area contributed by atoms with Crippen molar-refractivity contribution in [2.75, 3.05) is 13.1 Å². The van der Waals surface area contributed by atoms with Crippen LogP contribution in [-0.4, -0.2) is 56.8 Å². The molecule has 7 nitrogen and oxygen atoms in total. The van der Waals surface area contributed by atoms with E-state index in [9.17, 15) is 22.8 Å². The minimum atomic E-state index is -4.53. The summed E-state index contributed by atoms with van der Waals surface area (Å²) in [6.07, 6.45) is 0.738. The van der Waals surface area contributed by atoms with E-state index < -0.39 is 42.0 Å². The molecule has 2 atom stereocenters. The monoisotopic (exact) mass is 399 g/mol. The van der Waals surface area contributed by atoms with Crippen molar-refractivity contribution in [2.45, 2.75) is 57.8 Å². The van der Waals surface area contributed by atoms with Gasteiger partial charge < -0.3 is 10.2 Å². The number of carbonyl (C=O) groups excluding carboxylic acids is 2. The van der Waals surface area contributed by atoms with Crippen LogP contribution in [0.3, 0.4) is 0 Å². The lowest BCUT2D eigenvalue weighted by Gasteiger charge is -2.22. The number of rotatable bonds is 3. The van der Waals surface area contributed by atoms with Gasteiger partial charge in [0.05, 0.1) is 17.5 Å². The molecule has 0 aromatic carbocycles. The van der Waals surface area contributed by atoms with Crippen LogP contribution in [0.2, 0.25) is 0 Å². The molecule has 0 saturated carbocycles. The van der Waals surface area contributed by atoms with Crippen molar-refractivity contribution in [3.8, 4) is 0 Å². The van der Waals surface area contributed by atoms with Crippen molar-refractivity contribution in [2.24, 2.45) is 5.92 Å². The van der Waals surface area contributed by atoms with E-state index in [0.717, 1.165) is 17.7 Å². The number of nitrogens with zero attached hydrogens (tertiary/aromatic N) is 4. The second kappa shape index (κ2) is 7.21. The molecule has 28 heavy (non-hydrogen) atoms. The molecule has 1 saturated heterocycles. The highest BCUT2D eigenvalue weighted by atomic mass is 19.4. The average molecular weight is 399 g/mol. The summed E-state index contributed by atoms with van der Waals surface area (Å²) >= 11 is 0. The molecule has 2 amide bonds. The molecule has 1 N–H and O–H groups in total. The predicted octanol–water partition coefficient (Wildman–Crippen LogP) is 2.26. The van der Waals surface area contributed by atoms with Crippen molar-refractivity contribution in [1.29, 1.82) is 0 Å². The quantitative estimate of drug-likeness (QED) is 0.846. The van der Waals surface area contributed by atoms with Crippen molar-refractivity contribution in [3.05, 3.63) is 23.8 Å². The van der Waals surface area contributed by atoms with Gasteiger partial charge in [0.15, 0.2) is 0 Å². The fraction of sp³-hybridized carbons (Fsp3) is 0.667. The van der Waals surface area contributed by atoms with Crippen LogP contribution in [0.15, 0.2) is 18.0 Å². The van der Waals surface area contributed by atoms with Crippen LogP contribution in [0.5, 0.6) is 0 Å². The molecular weight excluding hydrogens is 375 g/mol. The molecule has 1 aliphatic heterocycles. The number of amides is 2. The Morgan fingerprint density at radius 3 is 2.46 bits per heavy atom. The third kappa shape index (κ3) is 4.20. The summed E-state index contributed by atoms with van der Waals surface area (Å²) in [4.78, 5) is 29.9. The summed E-state index contributed by atoms with van der Waals surface area (Å²) in [5.41, 5.74) is 0.104. The molecule has 154 valence electrons. The summed E-state index contributed by atoms with van der Waals surface area (Å²) in [5, 5.41) is 6.57. The zero-order valence-corrected chi connectivity index (χ0v) is 16.1. The lowest BCUT2D eigenvalue weighted by atomic mass is 10.0. The van der Waals surface area contributed by atoms with Gasteiger partial charge in [0.25, 0.3) is 5.91 Å². The Labute approximate surface area is 161 Å². The first-order valence-corrected chi connectivity index (χ1v) is 9.25. The van der Waals surface area contributed by atoms with Crippen LogP contribution >= 0.6 is 0 Å². The van der Waals surface area contributed by atoms with Crippen LogP contribution in [-0.2, 0) is 10.3 Å². The molecule has 0 bridgehead atoms. The molecule has 10 heteroatoms. The Bertz CT molecular complexity index is 794. The molecule has 1 fully saturated rings. The van der Waals surface area contributed by atoms with E-state index in [1.165, 1.54) is 11.0 Å². The molecule has 0 spiro atoms. The number of halogens is 3. The highest BCUT2D eigenvalue weighted by Gasteiger charge is 2.51. The predicted molar refractivity (Wildman–Crippen MR) is 94.3 cm³/mol. The standard InChI is InChI=1S/C18H24F3N5O2/c1-17(2,3)26-10-22-14(24-26)16(28)25-8-12(18(19,20)21)13(9-25)23-15(27)11-6-4-5-7-11/h6,10,12-13H,4-5,7-9H2,1-3H3,(H,23,27)/t12-,13-/m1/s1. The Hall–Kier alpha value is -2.39. The second-order valence-electron chi connectivity index (χ2n) is 8.24. The molecule has 1 aliphatic carbocycles. The Morgan fingerprint density at radius 2 is 1.93 bits per heavy atom. The summed E-state index contributed by atoms with van der Waals surface area (Å²) in [6, 6.07) is -1.19. The topological polar surface area (TPSA) is 80.1 Å². The molecule has 1 aromatic rings. The molecular formula is C18H24F3N5O2. The summed E-state index contributed by atoms with van der Waals surface area (Å²) in [5.74, 6) is -3.14. The smallest absolute Gasteiger partial charge is 0.347 e. The van der Waals surface area contributed by atoms with E-state index in [1.807, 2.05) is 20.8 Å². The molecule has 3 rings (SSSR count). The van der Waals surface area contributed by atoms with Crippen LogP contribution in [0.4, 0.5) is 13.2 Å². The number of carbonyl (C=O) groups is 2. The SMILES string of the molecule is CC(C)(C)n1cnc(C(=O)N2C[C@@H](C(F)(F)F)[C@H](NC(=O)C3=CCCC3)C2)n1. The number of aromatic nitrogens is 3. The van der Waals surface area contributed by atoms with Gasteiger partial charge in [-0.2, -0.15) is 13.2 Å². The average Bonchev–Trinajstić information content (AvgIpc) is 3.32. The second-order valence-corrected chi connectivity index (χ2v) is 8.24. The van der Waals surface area contributed by atoms with E-state index in [-0.39, 0.29) is 12.4 Å². The minimum Gasteiger partial charge on any atom is -0.347 e. The first kappa shape index (κ1) is 20.3. The first-order valence-electron chi connectivity index (χ1n) is 9.25. The van der Waals surface area contributed by atoms with Crippen LogP contribution in [0.25, 0.3) is 0 Å². The van der Waals surface area contributed by atoms with Gasteiger partial charge in [-0.25, -0.2) is 9.67 Å². The zero-order valence-electron chi connectivity index (χ0n) is 16.1. The van der Waals surface area contributed by atoms with E-state index in [0.29, 0.717) is 12.0 Å². The Morgan fingerprint density at radius 1 is 1.21 bits per heavy atom.